The van der Waals surface area contributed by atoms with Crippen molar-refractivity contribution in [3.8, 4) is 0 Å². The van der Waals surface area contributed by atoms with Crippen LogP contribution >= 0.6 is 0 Å². The summed E-state index contributed by atoms with van der Waals surface area (Å²) in [5.41, 5.74) is 0.975. The lowest BCUT2D eigenvalue weighted by atomic mass is 10.0. The van der Waals surface area contributed by atoms with Crippen molar-refractivity contribution in [2.45, 2.75) is 13.3 Å². The third-order valence-corrected chi connectivity index (χ3v) is 2.85. The molecule has 0 spiro atoms. The Morgan fingerprint density at radius 2 is 2.10 bits per heavy atom. The summed E-state index contributed by atoms with van der Waals surface area (Å²) in [5.74, 6) is -1.11. The lowest BCUT2D eigenvalue weighted by Gasteiger charge is -2.03. The molecule has 0 amide bonds. The van der Waals surface area contributed by atoms with Crippen LogP contribution in [-0.4, -0.2) is 34.3 Å². The van der Waals surface area contributed by atoms with E-state index in [4.69, 9.17) is 9.94 Å². The highest BCUT2D eigenvalue weighted by molar-refractivity contribution is 6.41. The summed E-state index contributed by atoms with van der Waals surface area (Å²) in [5, 5.41) is 12.4. The molecule has 20 heavy (non-hydrogen) atoms. The summed E-state index contributed by atoms with van der Waals surface area (Å²) in [4.78, 5) is 26.6. The van der Waals surface area contributed by atoms with Gasteiger partial charge in [0.05, 0.1) is 13.0 Å². The normalized spacial score (nSPS) is 11.6. The second-order valence-electron chi connectivity index (χ2n) is 4.12. The van der Waals surface area contributed by atoms with E-state index >= 15 is 0 Å². The fourth-order valence-corrected chi connectivity index (χ4v) is 1.91. The zero-order valence-corrected chi connectivity index (χ0v) is 10.9. The van der Waals surface area contributed by atoms with Gasteiger partial charge in [-0.05, 0) is 13.0 Å². The molecule has 0 aliphatic heterocycles. The molecule has 0 saturated carbocycles. The van der Waals surface area contributed by atoms with Gasteiger partial charge in [-0.1, -0.05) is 23.4 Å². The van der Waals surface area contributed by atoms with Crippen molar-refractivity contribution in [1.29, 1.82) is 0 Å². The molecule has 104 valence electrons. The van der Waals surface area contributed by atoms with Crippen LogP contribution in [0.25, 0.3) is 10.9 Å². The molecule has 0 aliphatic carbocycles. The summed E-state index contributed by atoms with van der Waals surface area (Å²) in [6.45, 7) is 1.79. The topological polar surface area (TPSA) is 91.8 Å². The highest BCUT2D eigenvalue weighted by atomic mass is 16.5. The molecule has 2 rings (SSSR count). The molecular formula is C14H14N2O4. The highest BCUT2D eigenvalue weighted by Gasteiger charge is 2.20. The van der Waals surface area contributed by atoms with Gasteiger partial charge >= 0.3 is 5.97 Å². The number of carbonyl (C=O) groups is 2. The molecule has 6 nitrogen and oxygen atoms in total. The van der Waals surface area contributed by atoms with Gasteiger partial charge in [-0.3, -0.25) is 4.79 Å². The minimum atomic E-state index is -0.789. The van der Waals surface area contributed by atoms with Crippen LogP contribution in [0, 0.1) is 0 Å². The number of aromatic nitrogens is 1. The van der Waals surface area contributed by atoms with E-state index in [2.05, 4.69) is 10.1 Å². The van der Waals surface area contributed by atoms with Gasteiger partial charge in [-0.25, -0.2) is 4.79 Å². The Labute approximate surface area is 115 Å². The number of hydrogen-bond donors (Lipinski definition) is 2. The van der Waals surface area contributed by atoms with Gasteiger partial charge in [0.1, 0.15) is 0 Å². The molecule has 6 heteroatoms. The molecule has 1 aromatic carbocycles. The number of Topliss-reactive ketones (excluding diaryl/α,β-unsaturated/α-hetero) is 1. The Bertz CT molecular complexity index is 673. The summed E-state index contributed by atoms with van der Waals surface area (Å²) < 4.78 is 4.71. The van der Waals surface area contributed by atoms with Crippen LogP contribution in [0.2, 0.25) is 0 Å². The maximum atomic E-state index is 12.2. The summed E-state index contributed by atoms with van der Waals surface area (Å²) >= 11 is 0. The van der Waals surface area contributed by atoms with E-state index in [0.29, 0.717) is 5.56 Å². The van der Waals surface area contributed by atoms with E-state index in [1.54, 1.807) is 19.2 Å². The van der Waals surface area contributed by atoms with Crippen molar-refractivity contribution in [2.75, 3.05) is 6.61 Å². The van der Waals surface area contributed by atoms with Crippen molar-refractivity contribution in [3.05, 3.63) is 36.0 Å². The third kappa shape index (κ3) is 2.69. The fraction of sp³-hybridized carbons (Fsp3) is 0.214. The number of rotatable bonds is 5. The van der Waals surface area contributed by atoms with E-state index in [0.717, 1.165) is 10.9 Å². The second kappa shape index (κ2) is 6.01. The predicted molar refractivity (Wildman–Crippen MR) is 73.1 cm³/mol. The van der Waals surface area contributed by atoms with E-state index in [-0.39, 0.29) is 24.5 Å². The SMILES string of the molecule is CCOC(=O)/C(CC(=O)c1c[nH]c2ccccc12)=N\O. The zero-order valence-electron chi connectivity index (χ0n) is 10.9. The zero-order chi connectivity index (χ0) is 14.5. The lowest BCUT2D eigenvalue weighted by molar-refractivity contribution is -0.135. The Kier molecular flexibility index (Phi) is 4.14. The molecule has 1 heterocycles. The molecule has 1 aromatic heterocycles. The first-order valence-corrected chi connectivity index (χ1v) is 6.14. The quantitative estimate of drug-likeness (QED) is 0.287. The van der Waals surface area contributed by atoms with Gasteiger partial charge in [-0.15, -0.1) is 0 Å². The largest absolute Gasteiger partial charge is 0.461 e. The van der Waals surface area contributed by atoms with Crippen LogP contribution < -0.4 is 0 Å². The summed E-state index contributed by atoms with van der Waals surface area (Å²) in [6.07, 6.45) is 1.27. The van der Waals surface area contributed by atoms with Crippen LogP contribution in [-0.2, 0) is 9.53 Å². The van der Waals surface area contributed by atoms with Gasteiger partial charge in [0, 0.05) is 22.7 Å². The van der Waals surface area contributed by atoms with Gasteiger partial charge in [0.15, 0.2) is 11.5 Å². The maximum absolute atomic E-state index is 12.2. The number of ketones is 1. The van der Waals surface area contributed by atoms with Crippen molar-refractivity contribution in [3.63, 3.8) is 0 Å². The average molecular weight is 274 g/mol. The molecule has 2 aromatic rings. The fourth-order valence-electron chi connectivity index (χ4n) is 1.91. The number of aromatic amines is 1. The molecule has 0 saturated heterocycles. The number of carbonyl (C=O) groups excluding carboxylic acids is 2. The molecule has 0 bridgehead atoms. The Morgan fingerprint density at radius 3 is 2.80 bits per heavy atom. The lowest BCUT2D eigenvalue weighted by Crippen LogP contribution is -2.21. The predicted octanol–water partition coefficient (Wildman–Crippen LogP) is 2.13. The standard InChI is InChI=1S/C14H14N2O4/c1-2-20-14(18)12(16-19)7-13(17)10-8-15-11-6-4-3-5-9(10)11/h3-6,8,15,19H,2,7H2,1H3/b16-12-. The van der Waals surface area contributed by atoms with Crippen LogP contribution in [0.1, 0.15) is 23.7 Å². The number of hydrogen-bond acceptors (Lipinski definition) is 5. The molecule has 0 fully saturated rings. The van der Waals surface area contributed by atoms with Gasteiger partial charge in [0.25, 0.3) is 0 Å². The average Bonchev–Trinajstić information content (AvgIpc) is 2.88. The number of ether oxygens (including phenoxy) is 1. The smallest absolute Gasteiger partial charge is 0.356 e. The Morgan fingerprint density at radius 1 is 1.35 bits per heavy atom. The Balaban J connectivity index is 2.22. The molecule has 0 radical (unpaired) electrons. The first-order valence-electron chi connectivity index (χ1n) is 6.14. The number of benzene rings is 1. The van der Waals surface area contributed by atoms with Crippen LogP contribution in [0.15, 0.2) is 35.6 Å². The first kappa shape index (κ1) is 13.8. The minimum absolute atomic E-state index is 0.152. The number of para-hydroxylation sites is 1. The molecular weight excluding hydrogens is 260 g/mol. The van der Waals surface area contributed by atoms with E-state index in [1.165, 1.54) is 0 Å². The van der Waals surface area contributed by atoms with Crippen LogP contribution in [0.4, 0.5) is 0 Å². The van der Waals surface area contributed by atoms with E-state index < -0.39 is 5.97 Å². The summed E-state index contributed by atoms with van der Waals surface area (Å²) in [7, 11) is 0. The molecule has 2 N–H and O–H groups in total. The second-order valence-corrected chi connectivity index (χ2v) is 4.12. The molecule has 0 aliphatic rings. The monoisotopic (exact) mass is 274 g/mol. The van der Waals surface area contributed by atoms with Crippen molar-refractivity contribution >= 4 is 28.4 Å². The van der Waals surface area contributed by atoms with Crippen molar-refractivity contribution in [1.82, 2.24) is 4.98 Å². The molecule has 0 atom stereocenters. The number of nitrogens with zero attached hydrogens (tertiary/aromatic N) is 1. The van der Waals surface area contributed by atoms with Crippen molar-refractivity contribution in [2.24, 2.45) is 5.16 Å². The van der Waals surface area contributed by atoms with Gasteiger partial charge in [0.2, 0.25) is 0 Å². The summed E-state index contributed by atoms with van der Waals surface area (Å²) in [6, 6.07) is 7.32. The molecule has 0 unspecified atom stereocenters. The number of nitrogens with one attached hydrogen (secondary N) is 1. The van der Waals surface area contributed by atoms with Crippen molar-refractivity contribution < 1.29 is 19.5 Å². The van der Waals surface area contributed by atoms with E-state index in [1.807, 2.05) is 18.2 Å². The highest BCUT2D eigenvalue weighted by Crippen LogP contribution is 2.19. The number of esters is 1. The van der Waals surface area contributed by atoms with Crippen LogP contribution in [0.3, 0.4) is 0 Å². The number of oxime groups is 1. The first-order chi connectivity index (χ1) is 9.67. The van der Waals surface area contributed by atoms with E-state index in [9.17, 15) is 9.59 Å². The maximum Gasteiger partial charge on any atom is 0.356 e. The minimum Gasteiger partial charge on any atom is -0.461 e. The van der Waals surface area contributed by atoms with Crippen LogP contribution in [0.5, 0.6) is 0 Å². The van der Waals surface area contributed by atoms with Gasteiger partial charge in [-0.2, -0.15) is 0 Å². The van der Waals surface area contributed by atoms with Gasteiger partial charge < -0.3 is 14.9 Å². The third-order valence-electron chi connectivity index (χ3n) is 2.85. The Hall–Kier alpha value is -2.63. The number of fused-ring (bicyclic) bond motifs is 1. The number of H-pyrrole nitrogens is 1.